The van der Waals surface area contributed by atoms with Gasteiger partial charge in [-0.15, -0.1) is 0 Å². The van der Waals surface area contributed by atoms with E-state index in [2.05, 4.69) is 22.0 Å². The fourth-order valence-electron chi connectivity index (χ4n) is 2.22. The van der Waals surface area contributed by atoms with Crippen LogP contribution in [0.15, 0.2) is 28.7 Å². The summed E-state index contributed by atoms with van der Waals surface area (Å²) in [6.45, 7) is 0. The zero-order valence-electron chi connectivity index (χ0n) is 8.05. The SMILES string of the molecule is FC1CCCC(c2ccccc2Br)C1. The van der Waals surface area contributed by atoms with Crippen molar-refractivity contribution in [2.24, 2.45) is 0 Å². The molecule has 0 spiro atoms. The standard InChI is InChI=1S/C12H14BrF/c13-12-7-2-1-6-11(12)9-4-3-5-10(14)8-9/h1-2,6-7,9-10H,3-5,8H2. The zero-order chi connectivity index (χ0) is 9.97. The third-order valence-electron chi connectivity index (χ3n) is 2.96. The van der Waals surface area contributed by atoms with E-state index in [1.807, 2.05) is 18.2 Å². The van der Waals surface area contributed by atoms with Crippen LogP contribution in [-0.4, -0.2) is 6.17 Å². The minimum absolute atomic E-state index is 0.411. The highest BCUT2D eigenvalue weighted by Crippen LogP contribution is 2.37. The van der Waals surface area contributed by atoms with Crippen LogP contribution in [0.25, 0.3) is 0 Å². The molecular weight excluding hydrogens is 243 g/mol. The first-order chi connectivity index (χ1) is 6.77. The highest BCUT2D eigenvalue weighted by molar-refractivity contribution is 9.10. The van der Waals surface area contributed by atoms with Gasteiger partial charge in [-0.3, -0.25) is 0 Å². The lowest BCUT2D eigenvalue weighted by Crippen LogP contribution is -2.14. The highest BCUT2D eigenvalue weighted by Gasteiger charge is 2.23. The van der Waals surface area contributed by atoms with Crippen LogP contribution in [0.1, 0.15) is 37.2 Å². The van der Waals surface area contributed by atoms with Crippen LogP contribution in [-0.2, 0) is 0 Å². The molecule has 0 aliphatic heterocycles. The Hall–Kier alpha value is -0.370. The fourth-order valence-corrected chi connectivity index (χ4v) is 2.83. The second-order valence-electron chi connectivity index (χ2n) is 3.98. The molecule has 0 heterocycles. The van der Waals surface area contributed by atoms with Crippen molar-refractivity contribution < 1.29 is 4.39 Å². The maximum absolute atomic E-state index is 13.2. The summed E-state index contributed by atoms with van der Waals surface area (Å²) in [6.07, 6.45) is 3.00. The van der Waals surface area contributed by atoms with Crippen molar-refractivity contribution in [3.63, 3.8) is 0 Å². The van der Waals surface area contributed by atoms with Gasteiger partial charge in [-0.05, 0) is 43.2 Å². The second-order valence-corrected chi connectivity index (χ2v) is 4.84. The van der Waals surface area contributed by atoms with Crippen molar-refractivity contribution in [2.75, 3.05) is 0 Å². The Morgan fingerprint density at radius 2 is 2.00 bits per heavy atom. The molecule has 0 saturated heterocycles. The predicted molar refractivity (Wildman–Crippen MR) is 60.2 cm³/mol. The molecule has 2 atom stereocenters. The van der Waals surface area contributed by atoms with Crippen LogP contribution in [0.3, 0.4) is 0 Å². The van der Waals surface area contributed by atoms with Crippen LogP contribution in [0.4, 0.5) is 4.39 Å². The van der Waals surface area contributed by atoms with E-state index >= 15 is 0 Å². The van der Waals surface area contributed by atoms with Gasteiger partial charge >= 0.3 is 0 Å². The van der Waals surface area contributed by atoms with Gasteiger partial charge in [0, 0.05) is 4.47 Å². The van der Waals surface area contributed by atoms with E-state index in [1.54, 1.807) is 0 Å². The monoisotopic (exact) mass is 256 g/mol. The van der Waals surface area contributed by atoms with Crippen molar-refractivity contribution in [3.8, 4) is 0 Å². The van der Waals surface area contributed by atoms with Gasteiger partial charge in [-0.25, -0.2) is 4.39 Å². The molecule has 1 aliphatic rings. The molecule has 1 aliphatic carbocycles. The average Bonchev–Trinajstić information content (AvgIpc) is 2.18. The molecule has 0 amide bonds. The molecule has 0 bridgehead atoms. The first-order valence-electron chi connectivity index (χ1n) is 5.16. The van der Waals surface area contributed by atoms with Crippen LogP contribution < -0.4 is 0 Å². The van der Waals surface area contributed by atoms with Crippen molar-refractivity contribution in [2.45, 2.75) is 37.8 Å². The summed E-state index contributed by atoms with van der Waals surface area (Å²) in [5, 5.41) is 0. The quantitative estimate of drug-likeness (QED) is 0.697. The molecule has 2 unspecified atom stereocenters. The second kappa shape index (κ2) is 4.43. The van der Waals surface area contributed by atoms with E-state index in [0.717, 1.165) is 23.7 Å². The number of alkyl halides is 1. The van der Waals surface area contributed by atoms with Crippen LogP contribution >= 0.6 is 15.9 Å². The number of halogens is 2. The Morgan fingerprint density at radius 1 is 1.21 bits per heavy atom. The Kier molecular flexibility index (Phi) is 3.22. The summed E-state index contributed by atoms with van der Waals surface area (Å²) in [5.41, 5.74) is 1.27. The van der Waals surface area contributed by atoms with E-state index in [9.17, 15) is 4.39 Å². The van der Waals surface area contributed by atoms with Crippen LogP contribution in [0.2, 0.25) is 0 Å². The third kappa shape index (κ3) is 2.17. The summed E-state index contributed by atoms with van der Waals surface area (Å²) in [5.74, 6) is 0.411. The zero-order valence-corrected chi connectivity index (χ0v) is 9.63. The van der Waals surface area contributed by atoms with Crippen LogP contribution in [0, 0.1) is 0 Å². The Bertz CT molecular complexity index is 311. The predicted octanol–water partition coefficient (Wildman–Crippen LogP) is 4.44. The van der Waals surface area contributed by atoms with Crippen molar-refractivity contribution >= 4 is 15.9 Å². The maximum atomic E-state index is 13.2. The normalized spacial score (nSPS) is 27.6. The Morgan fingerprint density at radius 3 is 2.71 bits per heavy atom. The molecule has 2 heteroatoms. The van der Waals surface area contributed by atoms with Gasteiger partial charge in [0.1, 0.15) is 6.17 Å². The van der Waals surface area contributed by atoms with E-state index in [0.29, 0.717) is 12.3 Å². The summed E-state index contributed by atoms with van der Waals surface area (Å²) in [7, 11) is 0. The molecule has 0 radical (unpaired) electrons. The number of rotatable bonds is 1. The first kappa shape index (κ1) is 10.2. The molecule has 2 rings (SSSR count). The maximum Gasteiger partial charge on any atom is 0.101 e. The lowest BCUT2D eigenvalue weighted by atomic mass is 9.83. The molecule has 1 fully saturated rings. The topological polar surface area (TPSA) is 0 Å². The molecule has 1 saturated carbocycles. The van der Waals surface area contributed by atoms with E-state index in [1.165, 1.54) is 5.56 Å². The number of hydrogen-bond donors (Lipinski definition) is 0. The minimum atomic E-state index is -0.596. The first-order valence-corrected chi connectivity index (χ1v) is 5.95. The number of benzene rings is 1. The summed E-state index contributed by atoms with van der Waals surface area (Å²) in [4.78, 5) is 0. The van der Waals surface area contributed by atoms with Crippen LogP contribution in [0.5, 0.6) is 0 Å². The molecule has 0 nitrogen and oxygen atoms in total. The highest BCUT2D eigenvalue weighted by atomic mass is 79.9. The van der Waals surface area contributed by atoms with Crippen molar-refractivity contribution in [1.29, 1.82) is 0 Å². The molecular formula is C12H14BrF. The van der Waals surface area contributed by atoms with Crippen molar-refractivity contribution in [3.05, 3.63) is 34.3 Å². The third-order valence-corrected chi connectivity index (χ3v) is 3.68. The molecule has 14 heavy (non-hydrogen) atoms. The van der Waals surface area contributed by atoms with Gasteiger partial charge in [-0.2, -0.15) is 0 Å². The lowest BCUT2D eigenvalue weighted by molar-refractivity contribution is 0.231. The summed E-state index contributed by atoms with van der Waals surface area (Å²) in [6, 6.07) is 8.18. The van der Waals surface area contributed by atoms with Gasteiger partial charge in [0.25, 0.3) is 0 Å². The minimum Gasteiger partial charge on any atom is -0.247 e. The fraction of sp³-hybridized carbons (Fsp3) is 0.500. The van der Waals surface area contributed by atoms with Gasteiger partial charge in [0.05, 0.1) is 0 Å². The van der Waals surface area contributed by atoms with Gasteiger partial charge in [0.2, 0.25) is 0 Å². The van der Waals surface area contributed by atoms with Gasteiger partial charge in [0.15, 0.2) is 0 Å². The molecule has 0 N–H and O–H groups in total. The van der Waals surface area contributed by atoms with E-state index in [-0.39, 0.29) is 0 Å². The number of hydrogen-bond acceptors (Lipinski definition) is 0. The van der Waals surface area contributed by atoms with Gasteiger partial charge in [-0.1, -0.05) is 34.1 Å². The van der Waals surface area contributed by atoms with Crippen molar-refractivity contribution in [1.82, 2.24) is 0 Å². The molecule has 76 valence electrons. The largest absolute Gasteiger partial charge is 0.247 e. The molecule has 1 aromatic carbocycles. The smallest absolute Gasteiger partial charge is 0.101 e. The lowest BCUT2D eigenvalue weighted by Gasteiger charge is -2.25. The van der Waals surface area contributed by atoms with Gasteiger partial charge < -0.3 is 0 Å². The van der Waals surface area contributed by atoms with E-state index < -0.39 is 6.17 Å². The Balaban J connectivity index is 2.18. The summed E-state index contributed by atoms with van der Waals surface area (Å²) >= 11 is 3.53. The molecule has 1 aromatic rings. The van der Waals surface area contributed by atoms with E-state index in [4.69, 9.17) is 0 Å². The molecule has 0 aromatic heterocycles. The average molecular weight is 257 g/mol. The Labute approximate surface area is 92.6 Å². The summed E-state index contributed by atoms with van der Waals surface area (Å²) < 4.78 is 14.4.